The van der Waals surface area contributed by atoms with Crippen LogP contribution < -0.4 is 14.8 Å². The number of nitrogens with one attached hydrogen (secondary N) is 1. The lowest BCUT2D eigenvalue weighted by atomic mass is 10.1. The Morgan fingerprint density at radius 3 is 2.65 bits per heavy atom. The first-order valence-corrected chi connectivity index (χ1v) is 9.97. The van der Waals surface area contributed by atoms with E-state index >= 15 is 0 Å². The Morgan fingerprint density at radius 2 is 1.90 bits per heavy atom. The van der Waals surface area contributed by atoms with Crippen molar-refractivity contribution in [3.8, 4) is 22.8 Å². The number of amides is 1. The number of carbonyl (C=O) groups is 1. The van der Waals surface area contributed by atoms with Crippen molar-refractivity contribution in [2.45, 2.75) is 19.6 Å². The van der Waals surface area contributed by atoms with E-state index in [0.717, 1.165) is 17.0 Å². The molecule has 8 nitrogen and oxygen atoms in total. The fraction of sp³-hybridized carbons (Fsp3) is 0.182. The molecule has 4 aromatic rings. The molecule has 2 heterocycles. The molecule has 1 amide bonds. The highest BCUT2D eigenvalue weighted by Crippen LogP contribution is 2.21. The molecule has 0 saturated heterocycles. The molecule has 2 aromatic heterocycles. The molecule has 0 radical (unpaired) electrons. The van der Waals surface area contributed by atoms with Gasteiger partial charge in [-0.3, -0.25) is 4.79 Å². The number of fused-ring (bicyclic) bond motifs is 1. The summed E-state index contributed by atoms with van der Waals surface area (Å²) in [5.41, 5.74) is 2.26. The molecule has 158 valence electrons. The topological polar surface area (TPSA) is 90.6 Å². The van der Waals surface area contributed by atoms with E-state index in [1.165, 1.54) is 0 Å². The van der Waals surface area contributed by atoms with Gasteiger partial charge in [0.05, 0.1) is 19.3 Å². The monoisotopic (exact) mass is 437 g/mol. The van der Waals surface area contributed by atoms with Crippen molar-refractivity contribution < 1.29 is 14.3 Å². The smallest absolute Gasteiger partial charge is 0.261 e. The van der Waals surface area contributed by atoms with Gasteiger partial charge in [0.25, 0.3) is 5.91 Å². The maximum atomic E-state index is 12.5. The number of methoxy groups -OCH3 is 1. The van der Waals surface area contributed by atoms with Crippen molar-refractivity contribution in [1.82, 2.24) is 25.1 Å². The second-order valence-electron chi connectivity index (χ2n) is 6.77. The van der Waals surface area contributed by atoms with Gasteiger partial charge in [0.2, 0.25) is 0 Å². The van der Waals surface area contributed by atoms with Crippen LogP contribution in [0.25, 0.3) is 16.9 Å². The van der Waals surface area contributed by atoms with E-state index in [0.29, 0.717) is 22.2 Å². The number of halogens is 1. The largest absolute Gasteiger partial charge is 0.497 e. The predicted octanol–water partition coefficient (Wildman–Crippen LogP) is 3.54. The Kier molecular flexibility index (Phi) is 5.99. The van der Waals surface area contributed by atoms with Crippen molar-refractivity contribution in [2.75, 3.05) is 7.11 Å². The molecule has 9 heteroatoms. The summed E-state index contributed by atoms with van der Waals surface area (Å²) in [4.78, 5) is 12.5. The van der Waals surface area contributed by atoms with E-state index in [1.54, 1.807) is 42.8 Å². The van der Waals surface area contributed by atoms with Gasteiger partial charge in [-0.05, 0) is 61.5 Å². The normalized spacial score (nSPS) is 11.8. The molecule has 1 atom stereocenters. The zero-order valence-corrected chi connectivity index (χ0v) is 17.7. The molecule has 31 heavy (non-hydrogen) atoms. The minimum Gasteiger partial charge on any atom is -0.497 e. The molecule has 0 aliphatic heterocycles. The highest BCUT2D eigenvalue weighted by molar-refractivity contribution is 6.30. The van der Waals surface area contributed by atoms with Crippen LogP contribution in [-0.4, -0.2) is 38.9 Å². The third-order valence-electron chi connectivity index (χ3n) is 4.61. The van der Waals surface area contributed by atoms with E-state index in [9.17, 15) is 4.79 Å². The minimum atomic E-state index is -0.708. The molecular weight excluding hydrogens is 418 g/mol. The molecule has 0 saturated carbocycles. The second-order valence-corrected chi connectivity index (χ2v) is 7.20. The second kappa shape index (κ2) is 9.01. The highest BCUT2D eigenvalue weighted by atomic mass is 35.5. The van der Waals surface area contributed by atoms with Crippen LogP contribution in [0.3, 0.4) is 0 Å². The molecular formula is C22H20ClN5O3. The van der Waals surface area contributed by atoms with Crippen LogP contribution in [-0.2, 0) is 11.3 Å². The third kappa shape index (κ3) is 4.75. The number of hydrogen-bond donors (Lipinski definition) is 1. The van der Waals surface area contributed by atoms with Crippen molar-refractivity contribution in [1.29, 1.82) is 0 Å². The van der Waals surface area contributed by atoms with Gasteiger partial charge >= 0.3 is 0 Å². The van der Waals surface area contributed by atoms with Gasteiger partial charge < -0.3 is 14.8 Å². The quantitative estimate of drug-likeness (QED) is 0.475. The number of aromatic nitrogens is 4. The number of ether oxygens (including phenoxy) is 2. The lowest BCUT2D eigenvalue weighted by Gasteiger charge is -2.14. The molecule has 0 aliphatic carbocycles. The molecule has 0 spiro atoms. The van der Waals surface area contributed by atoms with E-state index < -0.39 is 6.10 Å². The van der Waals surface area contributed by atoms with Crippen LogP contribution in [0.5, 0.6) is 11.5 Å². The molecule has 2 aromatic carbocycles. The Balaban J connectivity index is 1.46. The van der Waals surface area contributed by atoms with Crippen molar-refractivity contribution in [3.05, 3.63) is 71.5 Å². The van der Waals surface area contributed by atoms with Gasteiger partial charge in [-0.1, -0.05) is 17.7 Å². The summed E-state index contributed by atoms with van der Waals surface area (Å²) < 4.78 is 12.5. The Labute approximate surface area is 183 Å². The van der Waals surface area contributed by atoms with Crippen LogP contribution in [0.1, 0.15) is 12.7 Å². The molecule has 1 N–H and O–H groups in total. The Morgan fingerprint density at radius 1 is 1.10 bits per heavy atom. The average Bonchev–Trinajstić information content (AvgIpc) is 3.19. The third-order valence-corrected chi connectivity index (χ3v) is 4.85. The van der Waals surface area contributed by atoms with Gasteiger partial charge in [-0.2, -0.15) is 9.61 Å². The summed E-state index contributed by atoms with van der Waals surface area (Å²) in [5, 5.41) is 16.2. The maximum absolute atomic E-state index is 12.5. The summed E-state index contributed by atoms with van der Waals surface area (Å²) in [6, 6.07) is 18.2. The number of benzene rings is 2. The van der Waals surface area contributed by atoms with Gasteiger partial charge in [0.15, 0.2) is 17.6 Å². The van der Waals surface area contributed by atoms with E-state index in [4.69, 9.17) is 21.1 Å². The summed E-state index contributed by atoms with van der Waals surface area (Å²) >= 11 is 5.95. The van der Waals surface area contributed by atoms with Gasteiger partial charge in [-0.25, -0.2) is 0 Å². The Bertz CT molecular complexity index is 1210. The molecule has 0 aliphatic rings. The van der Waals surface area contributed by atoms with E-state index in [-0.39, 0.29) is 12.5 Å². The number of rotatable bonds is 7. The van der Waals surface area contributed by atoms with Crippen LogP contribution in [0.15, 0.2) is 60.7 Å². The fourth-order valence-corrected chi connectivity index (χ4v) is 3.15. The van der Waals surface area contributed by atoms with Crippen LogP contribution in [0.4, 0.5) is 0 Å². The SMILES string of the molecule is COc1ccc(-c2ccc3nnc(CNC(=O)C(C)Oc4cccc(Cl)c4)n3n2)cc1. The maximum Gasteiger partial charge on any atom is 0.261 e. The summed E-state index contributed by atoms with van der Waals surface area (Å²) in [6.45, 7) is 1.82. The summed E-state index contributed by atoms with van der Waals surface area (Å²) in [7, 11) is 1.62. The van der Waals surface area contributed by atoms with Crippen molar-refractivity contribution >= 4 is 23.2 Å². The number of nitrogens with zero attached hydrogens (tertiary/aromatic N) is 4. The minimum absolute atomic E-state index is 0.155. The van der Waals surface area contributed by atoms with Crippen LogP contribution >= 0.6 is 11.6 Å². The molecule has 4 rings (SSSR count). The number of carbonyl (C=O) groups excluding carboxylic acids is 1. The number of hydrogen-bond acceptors (Lipinski definition) is 6. The molecule has 0 bridgehead atoms. The predicted molar refractivity (Wildman–Crippen MR) is 116 cm³/mol. The van der Waals surface area contributed by atoms with E-state index in [1.807, 2.05) is 36.4 Å². The zero-order chi connectivity index (χ0) is 21.8. The van der Waals surface area contributed by atoms with Crippen LogP contribution in [0.2, 0.25) is 5.02 Å². The van der Waals surface area contributed by atoms with E-state index in [2.05, 4.69) is 20.6 Å². The summed E-state index contributed by atoms with van der Waals surface area (Å²) in [6.07, 6.45) is -0.708. The summed E-state index contributed by atoms with van der Waals surface area (Å²) in [5.74, 6) is 1.51. The first-order chi connectivity index (χ1) is 15.0. The van der Waals surface area contributed by atoms with Crippen molar-refractivity contribution in [2.24, 2.45) is 0 Å². The van der Waals surface area contributed by atoms with Gasteiger partial charge in [-0.15, -0.1) is 10.2 Å². The average molecular weight is 438 g/mol. The lowest BCUT2D eigenvalue weighted by Crippen LogP contribution is -2.36. The fourth-order valence-electron chi connectivity index (χ4n) is 2.97. The first-order valence-electron chi connectivity index (χ1n) is 9.59. The molecule has 1 unspecified atom stereocenters. The van der Waals surface area contributed by atoms with Gasteiger partial charge in [0, 0.05) is 10.6 Å². The van der Waals surface area contributed by atoms with Crippen molar-refractivity contribution in [3.63, 3.8) is 0 Å². The van der Waals surface area contributed by atoms with Gasteiger partial charge in [0.1, 0.15) is 11.5 Å². The molecule has 0 fully saturated rings. The zero-order valence-electron chi connectivity index (χ0n) is 16.9. The standard InChI is InChI=1S/C22H20ClN5O3/c1-14(31-18-5-3-4-16(23)12-18)22(29)24-13-21-26-25-20-11-10-19(27-28(20)21)15-6-8-17(30-2)9-7-15/h3-12,14H,13H2,1-2H3,(H,24,29). The van der Waals surface area contributed by atoms with Crippen LogP contribution in [0, 0.1) is 0 Å². The highest BCUT2D eigenvalue weighted by Gasteiger charge is 2.16. The Hall–Kier alpha value is -3.65. The first kappa shape index (κ1) is 20.6. The lowest BCUT2D eigenvalue weighted by molar-refractivity contribution is -0.127.